The van der Waals surface area contributed by atoms with E-state index in [0.717, 1.165) is 16.4 Å². The van der Waals surface area contributed by atoms with Gasteiger partial charge in [-0.2, -0.15) is 9.13 Å². The van der Waals surface area contributed by atoms with E-state index in [-0.39, 0.29) is 17.2 Å². The van der Waals surface area contributed by atoms with Crippen molar-refractivity contribution in [3.8, 4) is 28.9 Å². The number of nitrogens with zero attached hydrogens (tertiary/aromatic N) is 6. The van der Waals surface area contributed by atoms with Gasteiger partial charge in [-0.05, 0) is 54.6 Å². The standard InChI is InChI=1S/C24H14N6O3/c31-15-2-5-21-14(7-15)10-25-12-29(21)24-19-9-17(33)3-6-22(19)30(13-28-24)23-18-8-16(32)1-4-20(18)26-11-27-23/h1-13H,(H-2,31,32,33)/p+2. The highest BCUT2D eigenvalue weighted by Gasteiger charge is 2.22. The molecule has 3 N–H and O–H groups in total. The SMILES string of the molecule is Oc1ccc2c(cnc[n+]2-c2nc[n+](-c3ncnc4ccc(O)cc34)c3ccc(O)cc23)c1. The number of benzene rings is 3. The quantitative estimate of drug-likeness (QED) is 0.357. The maximum absolute atomic E-state index is 10.3. The van der Waals surface area contributed by atoms with Gasteiger partial charge in [0, 0.05) is 0 Å². The van der Waals surface area contributed by atoms with E-state index < -0.39 is 0 Å². The summed E-state index contributed by atoms with van der Waals surface area (Å²) in [6.45, 7) is 0. The Balaban J connectivity index is 1.68. The second-order valence-electron chi connectivity index (χ2n) is 7.55. The van der Waals surface area contributed by atoms with Crippen LogP contribution in [0.3, 0.4) is 0 Å². The van der Waals surface area contributed by atoms with Crippen molar-refractivity contribution in [2.75, 3.05) is 0 Å². The summed E-state index contributed by atoms with van der Waals surface area (Å²) in [5.41, 5.74) is 2.19. The minimum absolute atomic E-state index is 0.0833. The summed E-state index contributed by atoms with van der Waals surface area (Å²) >= 11 is 0. The zero-order chi connectivity index (χ0) is 22.5. The number of aromatic nitrogens is 6. The zero-order valence-corrected chi connectivity index (χ0v) is 17.0. The summed E-state index contributed by atoms with van der Waals surface area (Å²) in [5, 5.41) is 32.2. The van der Waals surface area contributed by atoms with Gasteiger partial charge in [0.15, 0.2) is 6.33 Å². The molecule has 0 atom stereocenters. The van der Waals surface area contributed by atoms with Crippen molar-refractivity contribution in [1.29, 1.82) is 0 Å². The van der Waals surface area contributed by atoms with Gasteiger partial charge in [0.05, 0.1) is 21.7 Å². The third kappa shape index (κ3) is 3.02. The molecule has 0 amide bonds. The lowest BCUT2D eigenvalue weighted by molar-refractivity contribution is -0.589. The molecule has 9 nitrogen and oxygen atoms in total. The minimum atomic E-state index is 0.0833. The Morgan fingerprint density at radius 1 is 0.606 bits per heavy atom. The van der Waals surface area contributed by atoms with E-state index in [1.54, 1.807) is 82.6 Å². The number of phenolic OH excluding ortho intramolecular Hbond substituents is 3. The van der Waals surface area contributed by atoms with Crippen molar-refractivity contribution in [2.24, 2.45) is 0 Å². The fourth-order valence-electron chi connectivity index (χ4n) is 4.02. The molecule has 0 saturated heterocycles. The molecule has 0 bridgehead atoms. The highest BCUT2D eigenvalue weighted by molar-refractivity contribution is 5.87. The van der Waals surface area contributed by atoms with Crippen LogP contribution in [0.25, 0.3) is 44.3 Å². The first kappa shape index (κ1) is 18.8. The molecule has 0 aliphatic heterocycles. The van der Waals surface area contributed by atoms with Gasteiger partial charge >= 0.3 is 0 Å². The van der Waals surface area contributed by atoms with E-state index in [4.69, 9.17) is 0 Å². The van der Waals surface area contributed by atoms with Crippen molar-refractivity contribution in [2.45, 2.75) is 0 Å². The van der Waals surface area contributed by atoms with Crippen molar-refractivity contribution in [3.63, 3.8) is 0 Å². The van der Waals surface area contributed by atoms with Crippen LogP contribution in [-0.4, -0.2) is 35.3 Å². The molecule has 0 radical (unpaired) electrons. The number of aromatic hydroxyl groups is 3. The highest BCUT2D eigenvalue weighted by Crippen LogP contribution is 2.25. The van der Waals surface area contributed by atoms with E-state index in [1.165, 1.54) is 6.33 Å². The van der Waals surface area contributed by atoms with E-state index in [0.29, 0.717) is 27.9 Å². The molecule has 9 heteroatoms. The van der Waals surface area contributed by atoms with Gasteiger partial charge in [0.1, 0.15) is 34.5 Å². The van der Waals surface area contributed by atoms with Crippen LogP contribution in [0.5, 0.6) is 17.2 Å². The first-order valence-corrected chi connectivity index (χ1v) is 10.0. The molecule has 0 aliphatic rings. The molecule has 33 heavy (non-hydrogen) atoms. The fraction of sp³-hybridized carbons (Fsp3) is 0. The second-order valence-corrected chi connectivity index (χ2v) is 7.55. The summed E-state index contributed by atoms with van der Waals surface area (Å²) in [4.78, 5) is 17.7. The van der Waals surface area contributed by atoms with E-state index >= 15 is 0 Å². The maximum Gasteiger partial charge on any atom is 0.281 e. The molecule has 0 aliphatic carbocycles. The fourth-order valence-corrected chi connectivity index (χ4v) is 4.02. The maximum atomic E-state index is 10.3. The summed E-state index contributed by atoms with van der Waals surface area (Å²) in [5.74, 6) is 1.41. The van der Waals surface area contributed by atoms with Crippen molar-refractivity contribution < 1.29 is 24.5 Å². The lowest BCUT2D eigenvalue weighted by Crippen LogP contribution is -2.39. The molecule has 6 rings (SSSR count). The summed E-state index contributed by atoms with van der Waals surface area (Å²) in [6.07, 6.45) is 6.38. The number of rotatable bonds is 2. The van der Waals surface area contributed by atoms with Crippen LogP contribution in [0.15, 0.2) is 79.8 Å². The zero-order valence-electron chi connectivity index (χ0n) is 17.0. The van der Waals surface area contributed by atoms with Crippen molar-refractivity contribution in [3.05, 3.63) is 79.8 Å². The predicted molar refractivity (Wildman–Crippen MR) is 118 cm³/mol. The minimum Gasteiger partial charge on any atom is -0.508 e. The normalized spacial score (nSPS) is 11.4. The third-order valence-electron chi connectivity index (χ3n) is 5.50. The lowest BCUT2D eigenvalue weighted by atomic mass is 10.1. The summed E-state index contributed by atoms with van der Waals surface area (Å²) in [6, 6.07) is 14.9. The highest BCUT2D eigenvalue weighted by atomic mass is 16.3. The van der Waals surface area contributed by atoms with Gasteiger partial charge in [-0.15, -0.1) is 4.98 Å². The van der Waals surface area contributed by atoms with E-state index in [1.807, 2.05) is 0 Å². The number of phenols is 3. The average molecular weight is 436 g/mol. The Morgan fingerprint density at radius 3 is 2.12 bits per heavy atom. The van der Waals surface area contributed by atoms with Gasteiger partial charge in [0.25, 0.3) is 11.6 Å². The molecular formula is C24H16N6O3+2. The van der Waals surface area contributed by atoms with Crippen molar-refractivity contribution in [1.82, 2.24) is 19.9 Å². The number of hydrogen-bond acceptors (Lipinski definition) is 7. The molecule has 0 fully saturated rings. The lowest BCUT2D eigenvalue weighted by Gasteiger charge is -2.09. The molecule has 3 aromatic heterocycles. The molecule has 0 spiro atoms. The van der Waals surface area contributed by atoms with Crippen molar-refractivity contribution >= 4 is 32.7 Å². The summed E-state index contributed by atoms with van der Waals surface area (Å²) < 4.78 is 3.58. The average Bonchev–Trinajstić information content (AvgIpc) is 2.82. The smallest absolute Gasteiger partial charge is 0.281 e. The Labute approximate surface area is 186 Å². The largest absolute Gasteiger partial charge is 0.508 e. The third-order valence-corrected chi connectivity index (χ3v) is 5.50. The molecule has 0 unspecified atom stereocenters. The van der Waals surface area contributed by atoms with E-state index in [2.05, 4.69) is 19.9 Å². The molecule has 158 valence electrons. The number of hydrogen-bond donors (Lipinski definition) is 3. The Hall–Kier alpha value is -4.92. The van der Waals surface area contributed by atoms with Crippen LogP contribution in [-0.2, 0) is 0 Å². The molecule has 6 aromatic rings. The molecule has 0 saturated carbocycles. The van der Waals surface area contributed by atoms with Gasteiger partial charge in [0.2, 0.25) is 12.7 Å². The van der Waals surface area contributed by atoms with E-state index in [9.17, 15) is 15.3 Å². The van der Waals surface area contributed by atoms with Gasteiger partial charge in [-0.3, -0.25) is 0 Å². The first-order chi connectivity index (χ1) is 16.1. The Morgan fingerprint density at radius 2 is 1.27 bits per heavy atom. The number of fused-ring (bicyclic) bond motifs is 3. The first-order valence-electron chi connectivity index (χ1n) is 10.0. The van der Waals surface area contributed by atoms with Crippen LogP contribution in [0.1, 0.15) is 0 Å². The summed E-state index contributed by atoms with van der Waals surface area (Å²) in [7, 11) is 0. The molecular weight excluding hydrogens is 420 g/mol. The van der Waals surface area contributed by atoms with Crippen LogP contribution in [0, 0.1) is 0 Å². The molecule has 3 heterocycles. The Bertz CT molecular complexity index is 1720. The Kier molecular flexibility index (Phi) is 4.03. The van der Waals surface area contributed by atoms with Crippen LogP contribution in [0.2, 0.25) is 0 Å². The van der Waals surface area contributed by atoms with Crippen LogP contribution < -0.4 is 9.13 Å². The van der Waals surface area contributed by atoms with Gasteiger partial charge in [-0.1, -0.05) is 9.97 Å². The second kappa shape index (κ2) is 7.06. The predicted octanol–water partition coefficient (Wildman–Crippen LogP) is 2.40. The molecule has 3 aromatic carbocycles. The van der Waals surface area contributed by atoms with Gasteiger partial charge < -0.3 is 15.3 Å². The van der Waals surface area contributed by atoms with Crippen LogP contribution in [0.4, 0.5) is 0 Å². The topological polar surface area (TPSA) is 120 Å². The van der Waals surface area contributed by atoms with Gasteiger partial charge in [-0.25, -0.2) is 4.98 Å². The monoisotopic (exact) mass is 436 g/mol. The van der Waals surface area contributed by atoms with Crippen LogP contribution >= 0.6 is 0 Å².